The van der Waals surface area contributed by atoms with E-state index in [1.807, 2.05) is 46.8 Å². The van der Waals surface area contributed by atoms with E-state index in [0.29, 0.717) is 12.0 Å². The Labute approximate surface area is 178 Å². The lowest BCUT2D eigenvalue weighted by molar-refractivity contribution is -0.148. The summed E-state index contributed by atoms with van der Waals surface area (Å²) >= 11 is 0. The highest BCUT2D eigenvalue weighted by Gasteiger charge is 2.29. The number of rotatable bonds is 14. The van der Waals surface area contributed by atoms with Gasteiger partial charge in [0, 0.05) is 12.0 Å². The van der Waals surface area contributed by atoms with E-state index in [-0.39, 0.29) is 17.7 Å². The van der Waals surface area contributed by atoms with Gasteiger partial charge in [-0.25, -0.2) is 0 Å². The summed E-state index contributed by atoms with van der Waals surface area (Å²) in [5.41, 5.74) is 3.74. The van der Waals surface area contributed by atoms with Crippen LogP contribution in [0.2, 0.25) is 0 Å². The number of ether oxygens (including phenoxy) is 1. The third kappa shape index (κ3) is 9.14. The largest absolute Gasteiger partial charge is 0.454 e. The molecule has 0 aliphatic carbocycles. The number of Topliss-reactive ketones (excluding diaryl/α,β-unsaturated/α-hetero) is 1. The molecule has 1 unspecified atom stereocenters. The minimum Gasteiger partial charge on any atom is -0.454 e. The number of carbonyl (C=O) groups excluding carboxylic acids is 2. The lowest BCUT2D eigenvalue weighted by Crippen LogP contribution is -2.33. The zero-order valence-electron chi connectivity index (χ0n) is 19.6. The maximum absolute atomic E-state index is 13.1. The van der Waals surface area contributed by atoms with Crippen LogP contribution >= 0.6 is 0 Å². The average Bonchev–Trinajstić information content (AvgIpc) is 2.63. The minimum atomic E-state index is -0.707. The van der Waals surface area contributed by atoms with Crippen molar-refractivity contribution < 1.29 is 14.3 Å². The van der Waals surface area contributed by atoms with Gasteiger partial charge in [0.05, 0.1) is 0 Å². The van der Waals surface area contributed by atoms with Crippen LogP contribution in [-0.2, 0) is 9.53 Å². The van der Waals surface area contributed by atoms with Gasteiger partial charge in [0.25, 0.3) is 0 Å². The number of aryl methyl sites for hydroxylation is 3. The van der Waals surface area contributed by atoms with Crippen molar-refractivity contribution in [3.05, 3.63) is 34.4 Å². The molecular formula is C26H42O3. The molecule has 0 fully saturated rings. The summed E-state index contributed by atoms with van der Waals surface area (Å²) in [6.07, 6.45) is 10.6. The van der Waals surface area contributed by atoms with Crippen LogP contribution in [0.15, 0.2) is 12.1 Å². The van der Waals surface area contributed by atoms with Crippen LogP contribution in [0.3, 0.4) is 0 Å². The topological polar surface area (TPSA) is 43.4 Å². The van der Waals surface area contributed by atoms with Gasteiger partial charge in [0.2, 0.25) is 5.78 Å². The third-order valence-electron chi connectivity index (χ3n) is 5.53. The standard InChI is InChI=1S/C26H42O3/c1-7-8-9-10-11-12-13-14-15-16-23(27)29-26(19(2)3)25(28)24-21(5)17-20(4)18-22(24)6/h17-19,26H,7-16H2,1-6H3. The van der Waals surface area contributed by atoms with E-state index in [2.05, 4.69) is 6.92 Å². The molecule has 0 amide bonds. The predicted molar refractivity (Wildman–Crippen MR) is 122 cm³/mol. The maximum atomic E-state index is 13.1. The van der Waals surface area contributed by atoms with Gasteiger partial charge in [-0.15, -0.1) is 0 Å². The summed E-state index contributed by atoms with van der Waals surface area (Å²) in [5, 5.41) is 0. The number of ketones is 1. The molecule has 0 aromatic heterocycles. The molecule has 1 aromatic rings. The molecule has 0 saturated heterocycles. The first-order valence-corrected chi connectivity index (χ1v) is 11.6. The summed E-state index contributed by atoms with van der Waals surface area (Å²) in [4.78, 5) is 25.5. The van der Waals surface area contributed by atoms with Crippen molar-refractivity contribution in [3.8, 4) is 0 Å². The van der Waals surface area contributed by atoms with Crippen molar-refractivity contribution in [3.63, 3.8) is 0 Å². The summed E-state index contributed by atoms with van der Waals surface area (Å²) in [6, 6.07) is 4.03. The van der Waals surface area contributed by atoms with Crippen LogP contribution in [0.5, 0.6) is 0 Å². The molecule has 1 aromatic carbocycles. The molecule has 1 rings (SSSR count). The fourth-order valence-electron chi connectivity index (χ4n) is 3.98. The van der Waals surface area contributed by atoms with Crippen LogP contribution in [0.25, 0.3) is 0 Å². The Hall–Kier alpha value is -1.64. The van der Waals surface area contributed by atoms with Gasteiger partial charge >= 0.3 is 5.97 Å². The Morgan fingerprint density at radius 2 is 1.31 bits per heavy atom. The zero-order valence-corrected chi connectivity index (χ0v) is 19.6. The fourth-order valence-corrected chi connectivity index (χ4v) is 3.98. The van der Waals surface area contributed by atoms with Crippen molar-refractivity contribution >= 4 is 11.8 Å². The molecule has 0 aliphatic rings. The molecule has 0 radical (unpaired) electrons. The molecule has 0 N–H and O–H groups in total. The van der Waals surface area contributed by atoms with E-state index < -0.39 is 6.10 Å². The number of hydrogen-bond acceptors (Lipinski definition) is 3. The molecule has 3 nitrogen and oxygen atoms in total. The average molecular weight is 403 g/mol. The smallest absolute Gasteiger partial charge is 0.306 e. The number of hydrogen-bond donors (Lipinski definition) is 0. The molecule has 0 bridgehead atoms. The second kappa shape index (κ2) is 13.6. The number of unbranched alkanes of at least 4 members (excludes halogenated alkanes) is 8. The second-order valence-electron chi connectivity index (χ2n) is 8.87. The number of benzene rings is 1. The Morgan fingerprint density at radius 1 is 0.828 bits per heavy atom. The SMILES string of the molecule is CCCCCCCCCCCC(=O)OC(C(=O)c1c(C)cc(C)cc1C)C(C)C. The van der Waals surface area contributed by atoms with E-state index >= 15 is 0 Å². The molecule has 0 saturated carbocycles. The summed E-state index contributed by atoms with van der Waals surface area (Å²) < 4.78 is 5.65. The molecule has 1 atom stereocenters. The zero-order chi connectivity index (χ0) is 21.8. The van der Waals surface area contributed by atoms with E-state index in [9.17, 15) is 9.59 Å². The van der Waals surface area contributed by atoms with Crippen molar-refractivity contribution in [2.75, 3.05) is 0 Å². The first-order chi connectivity index (χ1) is 13.8. The Balaban J connectivity index is 2.48. The highest BCUT2D eigenvalue weighted by Crippen LogP contribution is 2.22. The fraction of sp³-hybridized carbons (Fsp3) is 0.692. The summed E-state index contributed by atoms with van der Waals surface area (Å²) in [5.74, 6) is -0.368. The van der Waals surface area contributed by atoms with E-state index in [4.69, 9.17) is 4.74 Å². The van der Waals surface area contributed by atoms with Crippen LogP contribution in [0, 0.1) is 26.7 Å². The van der Waals surface area contributed by atoms with Gasteiger partial charge in [-0.05, 0) is 44.2 Å². The van der Waals surface area contributed by atoms with Crippen molar-refractivity contribution in [1.29, 1.82) is 0 Å². The summed E-state index contributed by atoms with van der Waals surface area (Å²) in [6.45, 7) is 12.0. The van der Waals surface area contributed by atoms with Gasteiger partial charge < -0.3 is 4.74 Å². The van der Waals surface area contributed by atoms with E-state index in [0.717, 1.165) is 29.5 Å². The first-order valence-electron chi connectivity index (χ1n) is 11.6. The third-order valence-corrected chi connectivity index (χ3v) is 5.53. The van der Waals surface area contributed by atoms with Gasteiger partial charge in [0.1, 0.15) is 0 Å². The monoisotopic (exact) mass is 402 g/mol. The highest BCUT2D eigenvalue weighted by atomic mass is 16.5. The Kier molecular flexibility index (Phi) is 11.9. The van der Waals surface area contributed by atoms with Crippen molar-refractivity contribution in [1.82, 2.24) is 0 Å². The quantitative estimate of drug-likeness (QED) is 0.186. The summed E-state index contributed by atoms with van der Waals surface area (Å²) in [7, 11) is 0. The Bertz CT molecular complexity index is 622. The van der Waals surface area contributed by atoms with E-state index in [1.165, 1.54) is 44.9 Å². The lowest BCUT2D eigenvalue weighted by Gasteiger charge is -2.22. The maximum Gasteiger partial charge on any atom is 0.306 e. The number of esters is 1. The number of carbonyl (C=O) groups is 2. The minimum absolute atomic E-state index is 0.0466. The van der Waals surface area contributed by atoms with Crippen LogP contribution < -0.4 is 0 Å². The predicted octanol–water partition coefficient (Wildman–Crippen LogP) is 7.28. The van der Waals surface area contributed by atoms with Crippen molar-refractivity contribution in [2.24, 2.45) is 5.92 Å². The molecule has 0 aliphatic heterocycles. The highest BCUT2D eigenvalue weighted by molar-refractivity contribution is 6.03. The normalized spacial score (nSPS) is 12.2. The van der Waals surface area contributed by atoms with E-state index in [1.54, 1.807) is 0 Å². The second-order valence-corrected chi connectivity index (χ2v) is 8.87. The molecule has 164 valence electrons. The van der Waals surface area contributed by atoms with Crippen LogP contribution in [-0.4, -0.2) is 17.9 Å². The molecular weight excluding hydrogens is 360 g/mol. The molecule has 29 heavy (non-hydrogen) atoms. The molecule has 0 spiro atoms. The van der Waals surface area contributed by atoms with Crippen LogP contribution in [0.1, 0.15) is 112 Å². The van der Waals surface area contributed by atoms with Gasteiger partial charge in [0.15, 0.2) is 6.10 Å². The van der Waals surface area contributed by atoms with Crippen LogP contribution in [0.4, 0.5) is 0 Å². The van der Waals surface area contributed by atoms with Crippen molar-refractivity contribution in [2.45, 2.75) is 112 Å². The first kappa shape index (κ1) is 25.4. The lowest BCUT2D eigenvalue weighted by atomic mass is 9.90. The molecule has 3 heteroatoms. The van der Waals surface area contributed by atoms with Gasteiger partial charge in [-0.1, -0.05) is 89.8 Å². The molecule has 0 heterocycles. The van der Waals surface area contributed by atoms with Gasteiger partial charge in [-0.2, -0.15) is 0 Å². The Morgan fingerprint density at radius 3 is 1.79 bits per heavy atom. The van der Waals surface area contributed by atoms with Gasteiger partial charge in [-0.3, -0.25) is 9.59 Å².